The summed E-state index contributed by atoms with van der Waals surface area (Å²) in [5.41, 5.74) is 4.56. The van der Waals surface area contributed by atoms with Gasteiger partial charge in [0, 0.05) is 34.6 Å². The van der Waals surface area contributed by atoms with Gasteiger partial charge < -0.3 is 4.98 Å². The Bertz CT molecular complexity index is 771. The molecule has 0 amide bonds. The fourth-order valence-corrected chi connectivity index (χ4v) is 2.44. The summed E-state index contributed by atoms with van der Waals surface area (Å²) in [5.74, 6) is 0.0786. The maximum absolute atomic E-state index is 11.7. The SMILES string of the molecule is CC(=O)c1c(-c2ccc3cccnc3c2)c[nH]c1C. The van der Waals surface area contributed by atoms with E-state index in [-0.39, 0.29) is 5.78 Å². The highest BCUT2D eigenvalue weighted by molar-refractivity contribution is 6.02. The van der Waals surface area contributed by atoms with Crippen LogP contribution < -0.4 is 0 Å². The Balaban J connectivity index is 2.22. The average Bonchev–Trinajstić information content (AvgIpc) is 2.80. The van der Waals surface area contributed by atoms with E-state index in [0.29, 0.717) is 0 Å². The number of aryl methyl sites for hydroxylation is 1. The number of hydrogen-bond acceptors (Lipinski definition) is 2. The Kier molecular flexibility index (Phi) is 2.67. The van der Waals surface area contributed by atoms with Gasteiger partial charge in [0.15, 0.2) is 5.78 Å². The fourth-order valence-electron chi connectivity index (χ4n) is 2.44. The number of benzene rings is 1. The van der Waals surface area contributed by atoms with Gasteiger partial charge in [-0.3, -0.25) is 9.78 Å². The van der Waals surface area contributed by atoms with Gasteiger partial charge in [0.2, 0.25) is 0 Å². The first-order valence-corrected chi connectivity index (χ1v) is 6.21. The zero-order valence-corrected chi connectivity index (χ0v) is 10.9. The third-order valence-electron chi connectivity index (χ3n) is 3.35. The molecule has 0 spiro atoms. The molecule has 0 fully saturated rings. The molecule has 3 heteroatoms. The molecule has 0 saturated carbocycles. The molecule has 19 heavy (non-hydrogen) atoms. The van der Waals surface area contributed by atoms with Crippen LogP contribution in [0.25, 0.3) is 22.0 Å². The summed E-state index contributed by atoms with van der Waals surface area (Å²) in [4.78, 5) is 19.2. The van der Waals surface area contributed by atoms with Crippen molar-refractivity contribution in [3.8, 4) is 11.1 Å². The number of nitrogens with one attached hydrogen (secondary N) is 1. The van der Waals surface area contributed by atoms with E-state index in [2.05, 4.69) is 9.97 Å². The summed E-state index contributed by atoms with van der Waals surface area (Å²) < 4.78 is 0. The molecule has 0 radical (unpaired) electrons. The molecule has 1 aromatic carbocycles. The molecule has 0 aliphatic rings. The lowest BCUT2D eigenvalue weighted by Gasteiger charge is -2.04. The molecule has 0 aliphatic heterocycles. The number of hydrogen-bond donors (Lipinski definition) is 1. The van der Waals surface area contributed by atoms with Crippen LogP contribution in [0.3, 0.4) is 0 Å². The van der Waals surface area contributed by atoms with Gasteiger partial charge in [-0.05, 0) is 31.5 Å². The minimum atomic E-state index is 0.0786. The molecule has 3 rings (SSSR count). The number of rotatable bonds is 2. The maximum Gasteiger partial charge on any atom is 0.162 e. The molecule has 0 bridgehead atoms. The summed E-state index contributed by atoms with van der Waals surface area (Å²) in [6.07, 6.45) is 3.66. The third kappa shape index (κ3) is 1.93. The number of H-pyrrole nitrogens is 1. The van der Waals surface area contributed by atoms with E-state index in [1.165, 1.54) is 0 Å². The molecule has 2 aromatic heterocycles. The van der Waals surface area contributed by atoms with Crippen molar-refractivity contribution in [1.29, 1.82) is 0 Å². The molecule has 0 saturated heterocycles. The van der Waals surface area contributed by atoms with Gasteiger partial charge in [0.25, 0.3) is 0 Å². The van der Waals surface area contributed by atoms with Crippen LogP contribution in [0.5, 0.6) is 0 Å². The first-order chi connectivity index (χ1) is 9.16. The van der Waals surface area contributed by atoms with E-state index >= 15 is 0 Å². The predicted molar refractivity (Wildman–Crippen MR) is 76.3 cm³/mol. The number of pyridine rings is 1. The molecule has 3 aromatic rings. The van der Waals surface area contributed by atoms with Crippen molar-refractivity contribution in [3.63, 3.8) is 0 Å². The van der Waals surface area contributed by atoms with Crippen molar-refractivity contribution in [2.24, 2.45) is 0 Å². The molecule has 0 aliphatic carbocycles. The topological polar surface area (TPSA) is 45.8 Å². The second kappa shape index (κ2) is 4.35. The highest BCUT2D eigenvalue weighted by Gasteiger charge is 2.14. The summed E-state index contributed by atoms with van der Waals surface area (Å²) >= 11 is 0. The second-order valence-corrected chi connectivity index (χ2v) is 4.67. The standard InChI is InChI=1S/C16H14N2O/c1-10-16(11(2)19)14(9-18-10)13-6-5-12-4-3-7-17-15(12)8-13/h3-9,18H,1-2H3. The minimum absolute atomic E-state index is 0.0786. The Morgan fingerprint density at radius 2 is 2.11 bits per heavy atom. The van der Waals surface area contributed by atoms with Crippen molar-refractivity contribution in [3.05, 3.63) is 54.0 Å². The number of carbonyl (C=O) groups is 1. The van der Waals surface area contributed by atoms with E-state index in [4.69, 9.17) is 0 Å². The van der Waals surface area contributed by atoms with E-state index in [9.17, 15) is 4.79 Å². The van der Waals surface area contributed by atoms with E-state index in [0.717, 1.165) is 33.3 Å². The molecular formula is C16H14N2O. The Hall–Kier alpha value is -2.42. The lowest BCUT2D eigenvalue weighted by atomic mass is 9.99. The van der Waals surface area contributed by atoms with Crippen molar-refractivity contribution in [2.75, 3.05) is 0 Å². The van der Waals surface area contributed by atoms with Crippen molar-refractivity contribution >= 4 is 16.7 Å². The van der Waals surface area contributed by atoms with Crippen molar-refractivity contribution < 1.29 is 4.79 Å². The van der Waals surface area contributed by atoms with Crippen LogP contribution in [0.15, 0.2) is 42.7 Å². The molecule has 2 heterocycles. The average molecular weight is 250 g/mol. The zero-order valence-electron chi connectivity index (χ0n) is 10.9. The molecule has 0 atom stereocenters. The van der Waals surface area contributed by atoms with Gasteiger partial charge in [0.1, 0.15) is 0 Å². The second-order valence-electron chi connectivity index (χ2n) is 4.67. The number of ketones is 1. The fraction of sp³-hybridized carbons (Fsp3) is 0.125. The van der Waals surface area contributed by atoms with Crippen LogP contribution in [-0.4, -0.2) is 15.8 Å². The summed E-state index contributed by atoms with van der Waals surface area (Å²) in [6.45, 7) is 3.51. The number of Topliss-reactive ketones (excluding diaryl/α,β-unsaturated/α-hetero) is 1. The first-order valence-electron chi connectivity index (χ1n) is 6.21. The lowest BCUT2D eigenvalue weighted by Crippen LogP contribution is -1.95. The normalized spacial score (nSPS) is 10.8. The molecule has 0 unspecified atom stereocenters. The van der Waals surface area contributed by atoms with Crippen LogP contribution >= 0.6 is 0 Å². The first kappa shape index (κ1) is 11.7. The smallest absolute Gasteiger partial charge is 0.162 e. The van der Waals surface area contributed by atoms with Gasteiger partial charge in [-0.25, -0.2) is 0 Å². The van der Waals surface area contributed by atoms with Gasteiger partial charge in [-0.2, -0.15) is 0 Å². The van der Waals surface area contributed by atoms with Crippen LogP contribution in [0.4, 0.5) is 0 Å². The molecular weight excluding hydrogens is 236 g/mol. The van der Waals surface area contributed by atoms with Gasteiger partial charge >= 0.3 is 0 Å². The van der Waals surface area contributed by atoms with E-state index in [1.54, 1.807) is 13.1 Å². The minimum Gasteiger partial charge on any atom is -0.364 e. The summed E-state index contributed by atoms with van der Waals surface area (Å²) in [6, 6.07) is 10.0. The van der Waals surface area contributed by atoms with Gasteiger partial charge in [-0.15, -0.1) is 0 Å². The largest absolute Gasteiger partial charge is 0.364 e. The number of aromatic amines is 1. The van der Waals surface area contributed by atoms with Crippen molar-refractivity contribution in [2.45, 2.75) is 13.8 Å². The summed E-state index contributed by atoms with van der Waals surface area (Å²) in [5, 5.41) is 1.10. The summed E-state index contributed by atoms with van der Waals surface area (Å²) in [7, 11) is 0. The number of aromatic nitrogens is 2. The van der Waals surface area contributed by atoms with Crippen LogP contribution in [0.2, 0.25) is 0 Å². The molecule has 94 valence electrons. The monoisotopic (exact) mass is 250 g/mol. The number of nitrogens with zero attached hydrogens (tertiary/aromatic N) is 1. The Labute approximate surface area is 111 Å². The predicted octanol–water partition coefficient (Wildman–Crippen LogP) is 3.74. The quantitative estimate of drug-likeness (QED) is 0.704. The van der Waals surface area contributed by atoms with Crippen LogP contribution in [0.1, 0.15) is 23.0 Å². The molecule has 1 N–H and O–H groups in total. The Morgan fingerprint density at radius 3 is 2.89 bits per heavy atom. The zero-order chi connectivity index (χ0) is 13.4. The highest BCUT2D eigenvalue weighted by atomic mass is 16.1. The highest BCUT2D eigenvalue weighted by Crippen LogP contribution is 2.28. The van der Waals surface area contributed by atoms with Gasteiger partial charge in [-0.1, -0.05) is 18.2 Å². The number of fused-ring (bicyclic) bond motifs is 1. The maximum atomic E-state index is 11.7. The number of carbonyl (C=O) groups excluding carboxylic acids is 1. The van der Waals surface area contributed by atoms with Crippen LogP contribution in [-0.2, 0) is 0 Å². The third-order valence-corrected chi connectivity index (χ3v) is 3.35. The van der Waals surface area contributed by atoms with E-state index < -0.39 is 0 Å². The Morgan fingerprint density at radius 1 is 1.26 bits per heavy atom. The van der Waals surface area contributed by atoms with Gasteiger partial charge in [0.05, 0.1) is 5.52 Å². The lowest BCUT2D eigenvalue weighted by molar-refractivity contribution is 0.101. The van der Waals surface area contributed by atoms with Crippen LogP contribution in [0, 0.1) is 6.92 Å². The molecule has 3 nitrogen and oxygen atoms in total. The van der Waals surface area contributed by atoms with Crippen molar-refractivity contribution in [1.82, 2.24) is 9.97 Å². The van der Waals surface area contributed by atoms with E-state index in [1.807, 2.05) is 43.5 Å².